The molecule has 1 aromatic heterocycles. The molecule has 5 rings (SSSR count). The molecule has 3 aromatic rings. The topological polar surface area (TPSA) is 117 Å². The van der Waals surface area contributed by atoms with Gasteiger partial charge >= 0.3 is 6.09 Å². The maximum atomic E-state index is 12.3. The Morgan fingerprint density at radius 2 is 1.70 bits per heavy atom. The van der Waals surface area contributed by atoms with Crippen LogP contribution in [0.4, 0.5) is 10.5 Å². The van der Waals surface area contributed by atoms with Crippen LogP contribution in [0.25, 0.3) is 0 Å². The van der Waals surface area contributed by atoms with Crippen LogP contribution in [-0.2, 0) is 50.6 Å². The molecule has 0 aliphatic carbocycles. The van der Waals surface area contributed by atoms with E-state index in [1.807, 2.05) is 35.9 Å². The number of piperidine rings is 1. The van der Waals surface area contributed by atoms with Gasteiger partial charge in [-0.2, -0.15) is 0 Å². The molecule has 12 nitrogen and oxygen atoms in total. The van der Waals surface area contributed by atoms with E-state index < -0.39 is 18.3 Å². The highest BCUT2D eigenvalue weighted by atomic mass is 16.5. The van der Waals surface area contributed by atoms with Crippen LogP contribution in [0.1, 0.15) is 34.7 Å². The van der Waals surface area contributed by atoms with Crippen molar-refractivity contribution in [2.24, 2.45) is 7.05 Å². The van der Waals surface area contributed by atoms with E-state index in [2.05, 4.69) is 28.1 Å². The van der Waals surface area contributed by atoms with Crippen LogP contribution in [-0.4, -0.2) is 105 Å². The number of nitrogens with zero attached hydrogens (tertiary/aromatic N) is 4. The first-order valence-electron chi connectivity index (χ1n) is 15.8. The molecular formula is C34H46N4O8. The number of likely N-dealkylation sites (tertiary alicyclic amines) is 1. The molecule has 250 valence electrons. The van der Waals surface area contributed by atoms with Crippen molar-refractivity contribution in [1.82, 2.24) is 14.5 Å². The van der Waals surface area contributed by atoms with Gasteiger partial charge < -0.3 is 47.9 Å². The molecule has 3 heterocycles. The van der Waals surface area contributed by atoms with Crippen molar-refractivity contribution < 1.29 is 38.3 Å². The van der Waals surface area contributed by atoms with Gasteiger partial charge in [-0.25, -0.2) is 9.78 Å². The normalized spacial score (nSPS) is 19.6. The van der Waals surface area contributed by atoms with E-state index in [-0.39, 0.29) is 19.0 Å². The molecule has 2 aliphatic rings. The Bertz CT molecular complexity index is 1380. The summed E-state index contributed by atoms with van der Waals surface area (Å²) in [5, 5.41) is 10.1. The third-order valence-electron chi connectivity index (χ3n) is 8.52. The molecule has 0 radical (unpaired) electrons. The molecule has 2 aromatic carbocycles. The first-order chi connectivity index (χ1) is 22.5. The summed E-state index contributed by atoms with van der Waals surface area (Å²) in [5.41, 5.74) is 4.99. The Hall–Kier alpha value is -3.68. The smallest absolute Gasteiger partial charge is 0.407 e. The van der Waals surface area contributed by atoms with E-state index in [0.717, 1.165) is 53.3 Å². The summed E-state index contributed by atoms with van der Waals surface area (Å²) in [6.07, 6.45) is 2.52. The van der Waals surface area contributed by atoms with Gasteiger partial charge in [-0.15, -0.1) is 0 Å². The summed E-state index contributed by atoms with van der Waals surface area (Å²) in [6, 6.07) is 14.3. The zero-order chi connectivity index (χ0) is 32.3. The van der Waals surface area contributed by atoms with E-state index >= 15 is 0 Å². The number of aryl methyl sites for hydroxylation is 1. The molecule has 0 saturated carbocycles. The van der Waals surface area contributed by atoms with E-state index in [9.17, 15) is 9.90 Å². The number of imidazole rings is 1. The van der Waals surface area contributed by atoms with Crippen LogP contribution in [0, 0.1) is 0 Å². The highest BCUT2D eigenvalue weighted by molar-refractivity contribution is 5.65. The maximum Gasteiger partial charge on any atom is 0.407 e. The van der Waals surface area contributed by atoms with Crippen molar-refractivity contribution in [2.45, 2.75) is 44.4 Å². The second-order valence-corrected chi connectivity index (χ2v) is 11.7. The summed E-state index contributed by atoms with van der Waals surface area (Å²) in [5.74, 6) is 0.647. The van der Waals surface area contributed by atoms with Crippen LogP contribution in [0.5, 0.6) is 5.75 Å². The predicted octanol–water partition coefficient (Wildman–Crippen LogP) is 4.07. The molecule has 3 atom stereocenters. The molecule has 46 heavy (non-hydrogen) atoms. The van der Waals surface area contributed by atoms with Crippen LogP contribution in [0.3, 0.4) is 0 Å². The summed E-state index contributed by atoms with van der Waals surface area (Å²) in [7, 11) is 5.28. The fraction of sp³-hybridized carbons (Fsp3) is 0.529. The predicted molar refractivity (Wildman–Crippen MR) is 171 cm³/mol. The van der Waals surface area contributed by atoms with E-state index in [1.54, 1.807) is 26.7 Å². The minimum absolute atomic E-state index is 0.209. The lowest BCUT2D eigenvalue weighted by Crippen LogP contribution is -2.54. The van der Waals surface area contributed by atoms with E-state index in [1.165, 1.54) is 4.90 Å². The highest BCUT2D eigenvalue weighted by Crippen LogP contribution is 2.36. The molecule has 2 aliphatic heterocycles. The number of amides is 1. The third kappa shape index (κ3) is 8.77. The lowest BCUT2D eigenvalue weighted by Gasteiger charge is -2.42. The van der Waals surface area contributed by atoms with Gasteiger partial charge in [-0.05, 0) is 35.2 Å². The van der Waals surface area contributed by atoms with Crippen molar-refractivity contribution in [3.63, 3.8) is 0 Å². The summed E-state index contributed by atoms with van der Waals surface area (Å²) in [4.78, 5) is 20.2. The Kier molecular flexibility index (Phi) is 12.3. The molecule has 1 N–H and O–H groups in total. The Labute approximate surface area is 270 Å². The number of ether oxygens (including phenoxy) is 6. The zero-order valence-corrected chi connectivity index (χ0v) is 27.0. The average Bonchev–Trinajstić information content (AvgIpc) is 3.49. The molecule has 0 spiro atoms. The van der Waals surface area contributed by atoms with Gasteiger partial charge in [0.15, 0.2) is 0 Å². The van der Waals surface area contributed by atoms with Gasteiger partial charge in [0.1, 0.15) is 12.4 Å². The number of carboxylic acid groups (broad SMARTS) is 1. The quantitative estimate of drug-likeness (QED) is 0.230. The SMILES string of the molecule is COCCCN1CCOc2ccc(CO[C@H]3CN(C(=O)O)C[C@@H](OCc4cncn4C)[C@@H]3c3ccc(COCCOC)cc3)cc21. The second kappa shape index (κ2) is 16.8. The Balaban J connectivity index is 1.36. The minimum atomic E-state index is -0.998. The summed E-state index contributed by atoms with van der Waals surface area (Å²) < 4.78 is 37.0. The largest absolute Gasteiger partial charge is 0.490 e. The molecule has 12 heteroatoms. The zero-order valence-electron chi connectivity index (χ0n) is 27.0. The van der Waals surface area contributed by atoms with Crippen LogP contribution < -0.4 is 9.64 Å². The van der Waals surface area contributed by atoms with Crippen LogP contribution in [0.15, 0.2) is 55.0 Å². The Morgan fingerprint density at radius 3 is 2.39 bits per heavy atom. The van der Waals surface area contributed by atoms with Crippen molar-refractivity contribution in [3.8, 4) is 5.75 Å². The molecule has 1 saturated heterocycles. The first kappa shape index (κ1) is 33.7. The first-order valence-corrected chi connectivity index (χ1v) is 15.8. The molecule has 1 amide bonds. The van der Waals surface area contributed by atoms with Crippen molar-refractivity contribution >= 4 is 11.8 Å². The molecular weight excluding hydrogens is 592 g/mol. The van der Waals surface area contributed by atoms with Gasteiger partial charge in [0.2, 0.25) is 0 Å². The second-order valence-electron chi connectivity index (χ2n) is 11.7. The van der Waals surface area contributed by atoms with Gasteiger partial charge in [0.05, 0.1) is 88.8 Å². The lowest BCUT2D eigenvalue weighted by molar-refractivity contribution is -0.0944. The summed E-state index contributed by atoms with van der Waals surface area (Å²) >= 11 is 0. The molecule has 1 fully saturated rings. The van der Waals surface area contributed by atoms with E-state index in [4.69, 9.17) is 28.4 Å². The molecule has 0 bridgehead atoms. The van der Waals surface area contributed by atoms with Crippen molar-refractivity contribution in [1.29, 1.82) is 0 Å². The van der Waals surface area contributed by atoms with Crippen molar-refractivity contribution in [2.75, 3.05) is 71.7 Å². The number of aromatic nitrogens is 2. The van der Waals surface area contributed by atoms with Gasteiger partial charge in [-0.1, -0.05) is 30.3 Å². The van der Waals surface area contributed by atoms with Gasteiger partial charge in [-0.3, -0.25) is 0 Å². The van der Waals surface area contributed by atoms with Crippen molar-refractivity contribution in [3.05, 3.63) is 77.4 Å². The highest BCUT2D eigenvalue weighted by Gasteiger charge is 2.41. The average molecular weight is 639 g/mol. The third-order valence-corrected chi connectivity index (χ3v) is 8.52. The fourth-order valence-electron chi connectivity index (χ4n) is 6.00. The van der Waals surface area contributed by atoms with Crippen LogP contribution >= 0.6 is 0 Å². The number of benzene rings is 2. The van der Waals surface area contributed by atoms with Gasteiger partial charge in [0.25, 0.3) is 0 Å². The van der Waals surface area contributed by atoms with E-state index in [0.29, 0.717) is 46.2 Å². The number of methoxy groups -OCH3 is 2. The summed E-state index contributed by atoms with van der Waals surface area (Å²) in [6.45, 7) is 5.62. The molecule has 0 unspecified atom stereocenters. The number of hydrogen-bond acceptors (Lipinski definition) is 9. The lowest BCUT2D eigenvalue weighted by atomic mass is 9.84. The maximum absolute atomic E-state index is 12.3. The number of fused-ring (bicyclic) bond motifs is 1. The Morgan fingerprint density at radius 1 is 0.957 bits per heavy atom. The van der Waals surface area contributed by atoms with Crippen LogP contribution in [0.2, 0.25) is 0 Å². The standard InChI is InChI=1S/C34H46N4O8/c1-36-24-35-18-28(36)23-46-32-20-38(34(39)40)19-31(33(32)27-8-5-25(6-9-27)21-43-16-15-42-3)45-22-26-7-10-30-29(17-26)37(12-14-44-30)11-4-13-41-2/h5-10,17-18,24,31-33H,4,11-16,19-23H2,1-3H3,(H,39,40)/t31-,32+,33+/m0/s1. The monoisotopic (exact) mass is 638 g/mol. The number of carbonyl (C=O) groups is 1. The number of anilines is 1. The fourth-order valence-corrected chi connectivity index (χ4v) is 6.00. The van der Waals surface area contributed by atoms with Gasteiger partial charge in [0, 0.05) is 40.3 Å². The number of hydrogen-bond donors (Lipinski definition) is 1. The minimum Gasteiger partial charge on any atom is -0.490 e. The number of rotatable bonds is 16.